The lowest BCUT2D eigenvalue weighted by molar-refractivity contribution is 0.0374. The molecule has 154 valence electrons. The van der Waals surface area contributed by atoms with Crippen LogP contribution in [0.5, 0.6) is 0 Å². The molecule has 2 aliphatic rings. The van der Waals surface area contributed by atoms with E-state index in [0.29, 0.717) is 12.5 Å². The van der Waals surface area contributed by atoms with Gasteiger partial charge in [0.25, 0.3) is 5.91 Å². The fraction of sp³-hybridized carbons (Fsp3) is 0.600. The van der Waals surface area contributed by atoms with Gasteiger partial charge in [0, 0.05) is 24.5 Å². The second kappa shape index (κ2) is 7.97. The Balaban J connectivity index is 1.31. The third kappa shape index (κ3) is 3.74. The molecule has 0 aromatic carbocycles. The zero-order valence-corrected chi connectivity index (χ0v) is 17.5. The Morgan fingerprint density at radius 3 is 3.10 bits per heavy atom. The average Bonchev–Trinajstić information content (AvgIpc) is 3.32. The monoisotopic (exact) mass is 414 g/mol. The summed E-state index contributed by atoms with van der Waals surface area (Å²) in [5, 5.41) is 8.43. The molecule has 1 aliphatic carbocycles. The molecular formula is C20H26N6O2S. The van der Waals surface area contributed by atoms with Crippen molar-refractivity contribution in [3.63, 3.8) is 0 Å². The third-order valence-corrected chi connectivity index (χ3v) is 7.07. The molecule has 3 aromatic heterocycles. The second-order valence-corrected chi connectivity index (χ2v) is 9.13. The van der Waals surface area contributed by atoms with Crippen molar-refractivity contribution in [1.29, 1.82) is 0 Å². The first kappa shape index (κ1) is 18.9. The van der Waals surface area contributed by atoms with Gasteiger partial charge in [0.15, 0.2) is 5.65 Å². The lowest BCUT2D eigenvalue weighted by Gasteiger charge is -2.26. The fourth-order valence-corrected chi connectivity index (χ4v) is 5.43. The maximum absolute atomic E-state index is 12.6. The molecule has 0 saturated carbocycles. The van der Waals surface area contributed by atoms with Crippen LogP contribution in [0.1, 0.15) is 40.8 Å². The van der Waals surface area contributed by atoms with E-state index >= 15 is 0 Å². The summed E-state index contributed by atoms with van der Waals surface area (Å²) in [6.07, 6.45) is 5.95. The summed E-state index contributed by atoms with van der Waals surface area (Å²) in [6.45, 7) is 7.40. The molecule has 0 unspecified atom stereocenters. The Morgan fingerprint density at radius 2 is 2.24 bits per heavy atom. The van der Waals surface area contributed by atoms with Gasteiger partial charge < -0.3 is 10.1 Å². The molecule has 1 aliphatic heterocycles. The van der Waals surface area contributed by atoms with E-state index in [1.807, 2.05) is 0 Å². The van der Waals surface area contributed by atoms with Gasteiger partial charge in [0.1, 0.15) is 11.2 Å². The largest absolute Gasteiger partial charge is 0.379 e. The number of fused-ring (bicyclic) bond motifs is 5. The van der Waals surface area contributed by atoms with Crippen LogP contribution in [0.3, 0.4) is 0 Å². The van der Waals surface area contributed by atoms with Crippen molar-refractivity contribution in [2.45, 2.75) is 32.6 Å². The van der Waals surface area contributed by atoms with Crippen LogP contribution in [-0.2, 0) is 17.6 Å². The summed E-state index contributed by atoms with van der Waals surface area (Å²) >= 11 is 1.76. The molecule has 0 spiro atoms. The standard InChI is InChI=1S/C20H26N6O2S/c1-13-3-4-15-14(11-13)16-18-23-17(24-26(18)12-22-20(16)29-15)19(27)21-5-2-6-25-7-9-28-10-8-25/h12-13H,2-11H2,1H3,(H,21,27)/t13-/m0/s1. The number of nitrogens with one attached hydrogen (secondary N) is 1. The number of carbonyl (C=O) groups is 1. The van der Waals surface area contributed by atoms with Gasteiger partial charge in [-0.3, -0.25) is 9.69 Å². The van der Waals surface area contributed by atoms with Crippen molar-refractivity contribution in [2.24, 2.45) is 5.92 Å². The van der Waals surface area contributed by atoms with Crippen molar-refractivity contribution in [3.8, 4) is 0 Å². The highest BCUT2D eigenvalue weighted by Gasteiger charge is 2.24. The van der Waals surface area contributed by atoms with Gasteiger partial charge in [-0.1, -0.05) is 6.92 Å². The molecule has 1 fully saturated rings. The van der Waals surface area contributed by atoms with Crippen LogP contribution in [0.15, 0.2) is 6.33 Å². The van der Waals surface area contributed by atoms with Crippen molar-refractivity contribution in [3.05, 3.63) is 22.6 Å². The van der Waals surface area contributed by atoms with Crippen LogP contribution in [-0.4, -0.2) is 69.8 Å². The highest BCUT2D eigenvalue weighted by molar-refractivity contribution is 7.19. The summed E-state index contributed by atoms with van der Waals surface area (Å²) in [6, 6.07) is 0. The van der Waals surface area contributed by atoms with Crippen LogP contribution < -0.4 is 5.32 Å². The van der Waals surface area contributed by atoms with Crippen molar-refractivity contribution in [2.75, 3.05) is 39.4 Å². The number of nitrogens with zero attached hydrogens (tertiary/aromatic N) is 5. The molecule has 1 amide bonds. The van der Waals surface area contributed by atoms with E-state index in [1.54, 1.807) is 22.2 Å². The number of hydrogen-bond acceptors (Lipinski definition) is 7. The highest BCUT2D eigenvalue weighted by atomic mass is 32.1. The van der Waals surface area contributed by atoms with Crippen LogP contribution in [0.4, 0.5) is 0 Å². The molecule has 5 rings (SSSR count). The van der Waals surface area contributed by atoms with Crippen molar-refractivity contribution < 1.29 is 9.53 Å². The molecule has 9 heteroatoms. The van der Waals surface area contributed by atoms with Gasteiger partial charge in [0.2, 0.25) is 5.82 Å². The van der Waals surface area contributed by atoms with Crippen LogP contribution >= 0.6 is 11.3 Å². The van der Waals surface area contributed by atoms with Gasteiger partial charge in [-0.15, -0.1) is 16.4 Å². The first-order valence-electron chi connectivity index (χ1n) is 10.4. The number of rotatable bonds is 5. The summed E-state index contributed by atoms with van der Waals surface area (Å²) in [7, 11) is 0. The molecule has 1 saturated heterocycles. The summed E-state index contributed by atoms with van der Waals surface area (Å²) in [5.74, 6) is 0.661. The minimum atomic E-state index is -0.221. The first-order valence-corrected chi connectivity index (χ1v) is 11.2. The minimum Gasteiger partial charge on any atom is -0.379 e. The first-order chi connectivity index (χ1) is 14.2. The van der Waals surface area contributed by atoms with E-state index < -0.39 is 0 Å². The normalized spacial score (nSPS) is 20.2. The lowest BCUT2D eigenvalue weighted by atomic mass is 9.89. The highest BCUT2D eigenvalue weighted by Crippen LogP contribution is 2.38. The van der Waals surface area contributed by atoms with E-state index in [2.05, 4.69) is 32.2 Å². The van der Waals surface area contributed by atoms with E-state index in [0.717, 1.165) is 68.0 Å². The van der Waals surface area contributed by atoms with E-state index in [9.17, 15) is 4.79 Å². The number of amides is 1. The van der Waals surface area contributed by atoms with Gasteiger partial charge in [-0.05, 0) is 43.7 Å². The number of ether oxygens (including phenoxy) is 1. The maximum Gasteiger partial charge on any atom is 0.290 e. The Kier molecular flexibility index (Phi) is 5.19. The van der Waals surface area contributed by atoms with E-state index in [1.165, 1.54) is 16.9 Å². The van der Waals surface area contributed by atoms with Gasteiger partial charge >= 0.3 is 0 Å². The number of carbonyl (C=O) groups excluding carboxylic acids is 1. The molecule has 29 heavy (non-hydrogen) atoms. The maximum atomic E-state index is 12.6. The molecular weight excluding hydrogens is 388 g/mol. The summed E-state index contributed by atoms with van der Waals surface area (Å²) < 4.78 is 7.01. The number of thiophene rings is 1. The lowest BCUT2D eigenvalue weighted by Crippen LogP contribution is -2.38. The molecule has 0 radical (unpaired) electrons. The van der Waals surface area contributed by atoms with E-state index in [4.69, 9.17) is 4.74 Å². The van der Waals surface area contributed by atoms with Gasteiger partial charge in [-0.25, -0.2) is 14.5 Å². The summed E-state index contributed by atoms with van der Waals surface area (Å²) in [5.41, 5.74) is 2.10. The Hall–Kier alpha value is -2.10. The van der Waals surface area contributed by atoms with Gasteiger partial charge in [0.05, 0.1) is 18.6 Å². The van der Waals surface area contributed by atoms with Crippen LogP contribution in [0.25, 0.3) is 15.9 Å². The number of aryl methyl sites for hydroxylation is 1. The topological polar surface area (TPSA) is 84.7 Å². The third-order valence-electron chi connectivity index (χ3n) is 5.87. The molecule has 3 aromatic rings. The molecule has 0 bridgehead atoms. The number of morpholine rings is 1. The zero-order chi connectivity index (χ0) is 19.8. The van der Waals surface area contributed by atoms with E-state index in [-0.39, 0.29) is 11.7 Å². The number of aromatic nitrogens is 4. The average molecular weight is 415 g/mol. The van der Waals surface area contributed by atoms with Gasteiger partial charge in [-0.2, -0.15) is 0 Å². The Morgan fingerprint density at radius 1 is 1.38 bits per heavy atom. The SMILES string of the molecule is C[C@H]1CCc2sc3ncn4nc(C(=O)NCCCN5CCOCC5)nc4c3c2C1. The fourth-order valence-electron chi connectivity index (χ4n) is 4.25. The van der Waals surface area contributed by atoms with Crippen molar-refractivity contribution >= 4 is 33.1 Å². The number of hydrogen-bond donors (Lipinski definition) is 1. The van der Waals surface area contributed by atoms with Crippen LogP contribution in [0, 0.1) is 5.92 Å². The van der Waals surface area contributed by atoms with Crippen molar-refractivity contribution in [1.82, 2.24) is 29.8 Å². The summed E-state index contributed by atoms with van der Waals surface area (Å²) in [4.78, 5) is 26.5. The van der Waals surface area contributed by atoms with Crippen LogP contribution in [0.2, 0.25) is 0 Å². The molecule has 8 nitrogen and oxygen atoms in total. The predicted octanol–water partition coefficient (Wildman–Crippen LogP) is 1.92. The smallest absolute Gasteiger partial charge is 0.290 e. The minimum absolute atomic E-state index is 0.217. The zero-order valence-electron chi connectivity index (χ0n) is 16.7. The molecule has 4 heterocycles. The predicted molar refractivity (Wildman–Crippen MR) is 112 cm³/mol. The molecule has 1 atom stereocenters. The molecule has 1 N–H and O–H groups in total. The Labute approximate surface area is 173 Å². The second-order valence-electron chi connectivity index (χ2n) is 8.04. The quantitative estimate of drug-likeness (QED) is 0.642. The Bertz CT molecular complexity index is 1040.